The molecule has 1 aromatic heterocycles. The van der Waals surface area contributed by atoms with E-state index in [1.807, 2.05) is 13.8 Å². The Morgan fingerprint density at radius 1 is 1.47 bits per heavy atom. The molecule has 0 aromatic carbocycles. The molecule has 0 bridgehead atoms. The number of rotatable bonds is 3. The van der Waals surface area contributed by atoms with Crippen molar-refractivity contribution in [1.82, 2.24) is 4.31 Å². The SMILES string of the molecule is Cc1csc(S(=O)(=O)N2CC(C(=O)O)CCC2C)c1. The van der Waals surface area contributed by atoms with E-state index in [4.69, 9.17) is 5.11 Å². The highest BCUT2D eigenvalue weighted by Crippen LogP contribution is 2.30. The zero-order chi connectivity index (χ0) is 14.2. The van der Waals surface area contributed by atoms with Crippen LogP contribution in [0.1, 0.15) is 25.3 Å². The summed E-state index contributed by atoms with van der Waals surface area (Å²) in [6.07, 6.45) is 1.12. The number of carboxylic acids is 1. The average Bonchev–Trinajstić information content (AvgIpc) is 2.76. The molecule has 1 aliphatic heterocycles. The molecule has 5 nitrogen and oxygen atoms in total. The predicted octanol–water partition coefficient (Wildman–Crippen LogP) is 1.93. The third-order valence-corrected chi connectivity index (χ3v) is 6.96. The third-order valence-electron chi connectivity index (χ3n) is 3.44. The van der Waals surface area contributed by atoms with Crippen molar-refractivity contribution >= 4 is 27.3 Å². The second kappa shape index (κ2) is 5.22. The number of aliphatic carboxylic acids is 1. The highest BCUT2D eigenvalue weighted by Gasteiger charge is 2.37. The van der Waals surface area contributed by atoms with Gasteiger partial charge in [0.05, 0.1) is 5.92 Å². The van der Waals surface area contributed by atoms with Crippen molar-refractivity contribution in [3.05, 3.63) is 17.0 Å². The largest absolute Gasteiger partial charge is 0.481 e. The lowest BCUT2D eigenvalue weighted by Gasteiger charge is -2.34. The van der Waals surface area contributed by atoms with Crippen LogP contribution in [0, 0.1) is 12.8 Å². The first-order chi connectivity index (χ1) is 8.82. The maximum absolute atomic E-state index is 12.5. The summed E-state index contributed by atoms with van der Waals surface area (Å²) in [5.41, 5.74) is 0.906. The van der Waals surface area contributed by atoms with Crippen LogP contribution in [0.15, 0.2) is 15.7 Å². The summed E-state index contributed by atoms with van der Waals surface area (Å²) in [6, 6.07) is 1.49. The van der Waals surface area contributed by atoms with Crippen molar-refractivity contribution < 1.29 is 18.3 Å². The molecule has 1 N–H and O–H groups in total. The predicted molar refractivity (Wildman–Crippen MR) is 72.8 cm³/mol. The lowest BCUT2D eigenvalue weighted by molar-refractivity contribution is -0.143. The molecular formula is C12H17NO4S2. The van der Waals surface area contributed by atoms with Crippen LogP contribution in [0.2, 0.25) is 0 Å². The molecule has 0 spiro atoms. The molecule has 0 radical (unpaired) electrons. The molecule has 1 fully saturated rings. The molecule has 19 heavy (non-hydrogen) atoms. The lowest BCUT2D eigenvalue weighted by atomic mass is 9.96. The van der Waals surface area contributed by atoms with Gasteiger partial charge in [0.2, 0.25) is 0 Å². The Balaban J connectivity index is 2.30. The Morgan fingerprint density at radius 3 is 2.68 bits per heavy atom. The van der Waals surface area contributed by atoms with Gasteiger partial charge in [0.15, 0.2) is 0 Å². The first-order valence-electron chi connectivity index (χ1n) is 6.12. The van der Waals surface area contributed by atoms with Gasteiger partial charge in [-0.1, -0.05) is 0 Å². The molecule has 1 aliphatic rings. The number of piperidine rings is 1. The van der Waals surface area contributed by atoms with Crippen molar-refractivity contribution in [3.63, 3.8) is 0 Å². The van der Waals surface area contributed by atoms with Crippen LogP contribution in [0.4, 0.5) is 0 Å². The van der Waals surface area contributed by atoms with E-state index in [1.165, 1.54) is 15.6 Å². The smallest absolute Gasteiger partial charge is 0.307 e. The highest BCUT2D eigenvalue weighted by molar-refractivity contribution is 7.91. The number of carbonyl (C=O) groups is 1. The second-order valence-electron chi connectivity index (χ2n) is 4.98. The van der Waals surface area contributed by atoms with Gasteiger partial charge in [0, 0.05) is 12.6 Å². The molecule has 1 saturated heterocycles. The molecule has 2 heterocycles. The van der Waals surface area contributed by atoms with E-state index in [0.717, 1.165) is 5.56 Å². The fraction of sp³-hybridized carbons (Fsp3) is 0.583. The molecule has 2 rings (SSSR count). The Labute approximate surface area is 116 Å². The van der Waals surface area contributed by atoms with Crippen molar-refractivity contribution in [1.29, 1.82) is 0 Å². The van der Waals surface area contributed by atoms with E-state index in [-0.39, 0.29) is 12.6 Å². The lowest BCUT2D eigenvalue weighted by Crippen LogP contribution is -2.47. The zero-order valence-electron chi connectivity index (χ0n) is 10.9. The molecule has 0 saturated carbocycles. The standard InChI is InChI=1S/C12H17NO4S2/c1-8-5-11(18-7-8)19(16,17)13-6-10(12(14)15)4-3-9(13)2/h5,7,9-10H,3-4,6H2,1-2H3,(H,14,15). The summed E-state index contributed by atoms with van der Waals surface area (Å²) >= 11 is 1.18. The molecule has 0 amide bonds. The van der Waals surface area contributed by atoms with Crippen molar-refractivity contribution in [2.45, 2.75) is 36.9 Å². The molecule has 7 heteroatoms. The number of aryl methyl sites for hydroxylation is 1. The van der Waals surface area contributed by atoms with Gasteiger partial charge in [-0.3, -0.25) is 4.79 Å². The number of thiophene rings is 1. The second-order valence-corrected chi connectivity index (χ2v) is 8.01. The summed E-state index contributed by atoms with van der Waals surface area (Å²) < 4.78 is 26.7. The first kappa shape index (κ1) is 14.5. The minimum Gasteiger partial charge on any atom is -0.481 e. The highest BCUT2D eigenvalue weighted by atomic mass is 32.2. The first-order valence-corrected chi connectivity index (χ1v) is 8.44. The summed E-state index contributed by atoms with van der Waals surface area (Å²) in [5.74, 6) is -1.53. The van der Waals surface area contributed by atoms with Crippen LogP contribution in [-0.2, 0) is 14.8 Å². The Hall–Kier alpha value is -0.920. The molecule has 106 valence electrons. The third kappa shape index (κ3) is 2.82. The molecule has 1 aromatic rings. The van der Waals surface area contributed by atoms with Crippen LogP contribution in [0.3, 0.4) is 0 Å². The summed E-state index contributed by atoms with van der Waals surface area (Å²) in [6.45, 7) is 3.74. The zero-order valence-corrected chi connectivity index (χ0v) is 12.5. The maximum atomic E-state index is 12.5. The Morgan fingerprint density at radius 2 is 2.16 bits per heavy atom. The Bertz CT molecular complexity index is 578. The van der Waals surface area contributed by atoms with Crippen LogP contribution in [0.5, 0.6) is 0 Å². The van der Waals surface area contributed by atoms with Crippen LogP contribution >= 0.6 is 11.3 Å². The van der Waals surface area contributed by atoms with E-state index in [9.17, 15) is 13.2 Å². The average molecular weight is 303 g/mol. The molecule has 2 unspecified atom stereocenters. The van der Waals surface area contributed by atoms with Crippen molar-refractivity contribution in [2.75, 3.05) is 6.54 Å². The fourth-order valence-electron chi connectivity index (χ4n) is 2.27. The van der Waals surface area contributed by atoms with Gasteiger partial charge in [0.25, 0.3) is 10.0 Å². The Kier molecular flexibility index (Phi) is 3.98. The maximum Gasteiger partial charge on any atom is 0.307 e. The number of nitrogens with zero attached hydrogens (tertiary/aromatic N) is 1. The normalized spacial score (nSPS) is 25.4. The minimum atomic E-state index is -3.57. The van der Waals surface area contributed by atoms with Gasteiger partial charge in [-0.25, -0.2) is 8.42 Å². The fourth-order valence-corrected chi connectivity index (χ4v) is 5.33. The van der Waals surface area contributed by atoms with Gasteiger partial charge in [-0.05, 0) is 43.7 Å². The van der Waals surface area contributed by atoms with Crippen molar-refractivity contribution in [3.8, 4) is 0 Å². The molecule has 2 atom stereocenters. The summed E-state index contributed by atoms with van der Waals surface area (Å²) in [4.78, 5) is 11.1. The number of sulfonamides is 1. The summed E-state index contributed by atoms with van der Waals surface area (Å²) in [5, 5.41) is 10.9. The van der Waals surface area contributed by atoms with Crippen LogP contribution < -0.4 is 0 Å². The quantitative estimate of drug-likeness (QED) is 0.926. The topological polar surface area (TPSA) is 74.7 Å². The van der Waals surface area contributed by atoms with Crippen LogP contribution in [0.25, 0.3) is 0 Å². The van der Waals surface area contributed by atoms with Gasteiger partial charge in [0.1, 0.15) is 4.21 Å². The van der Waals surface area contributed by atoms with E-state index in [1.54, 1.807) is 11.4 Å². The number of carboxylic acid groups (broad SMARTS) is 1. The van der Waals surface area contributed by atoms with Gasteiger partial charge in [-0.15, -0.1) is 11.3 Å². The van der Waals surface area contributed by atoms with E-state index >= 15 is 0 Å². The van der Waals surface area contributed by atoms with E-state index in [0.29, 0.717) is 17.1 Å². The van der Waals surface area contributed by atoms with Gasteiger partial charge >= 0.3 is 5.97 Å². The van der Waals surface area contributed by atoms with Crippen LogP contribution in [-0.4, -0.2) is 36.4 Å². The number of hydrogen-bond donors (Lipinski definition) is 1. The summed E-state index contributed by atoms with van der Waals surface area (Å²) in [7, 11) is -3.57. The van der Waals surface area contributed by atoms with Gasteiger partial charge < -0.3 is 5.11 Å². The van der Waals surface area contributed by atoms with Crippen molar-refractivity contribution in [2.24, 2.45) is 5.92 Å². The van der Waals surface area contributed by atoms with E-state index in [2.05, 4.69) is 0 Å². The molecule has 0 aliphatic carbocycles. The minimum absolute atomic E-state index is 0.0653. The van der Waals surface area contributed by atoms with E-state index < -0.39 is 21.9 Å². The molecular weight excluding hydrogens is 286 g/mol. The monoisotopic (exact) mass is 303 g/mol. The van der Waals surface area contributed by atoms with Gasteiger partial charge in [-0.2, -0.15) is 4.31 Å². The number of hydrogen-bond acceptors (Lipinski definition) is 4.